The van der Waals surface area contributed by atoms with Crippen LogP contribution in [-0.4, -0.2) is 62.3 Å². The van der Waals surface area contributed by atoms with Gasteiger partial charge in [0.1, 0.15) is 0 Å². The number of nitrogens with zero attached hydrogens (tertiary/aromatic N) is 2. The van der Waals surface area contributed by atoms with Crippen molar-refractivity contribution in [3.63, 3.8) is 0 Å². The highest BCUT2D eigenvalue weighted by molar-refractivity contribution is 7.89. The van der Waals surface area contributed by atoms with Crippen LogP contribution in [0.25, 0.3) is 0 Å². The number of rotatable bonds is 4. The molecule has 1 unspecified atom stereocenters. The summed E-state index contributed by atoms with van der Waals surface area (Å²) in [5.74, 6) is 0.484. The molecule has 1 aromatic carbocycles. The van der Waals surface area contributed by atoms with Crippen LogP contribution in [0.5, 0.6) is 0 Å². The third-order valence-corrected chi connectivity index (χ3v) is 7.26. The van der Waals surface area contributed by atoms with Crippen molar-refractivity contribution in [2.24, 2.45) is 0 Å². The molecule has 1 N–H and O–H groups in total. The third-order valence-electron chi connectivity index (χ3n) is 5.34. The molecule has 0 bridgehead atoms. The summed E-state index contributed by atoms with van der Waals surface area (Å²) in [7, 11) is -3.50. The summed E-state index contributed by atoms with van der Waals surface area (Å²) in [6.07, 6.45) is 3.06. The molecule has 2 aliphatic heterocycles. The number of sulfonamides is 1. The zero-order valence-corrected chi connectivity index (χ0v) is 16.5. The first-order chi connectivity index (χ1) is 12.4. The maximum absolute atomic E-state index is 12.9. The molecular weight excluding hydrogens is 350 g/mol. The minimum atomic E-state index is -3.50. The van der Waals surface area contributed by atoms with E-state index in [1.807, 2.05) is 12.1 Å². The summed E-state index contributed by atoms with van der Waals surface area (Å²) in [6.45, 7) is 6.68. The Morgan fingerprint density at radius 2 is 1.73 bits per heavy atom. The van der Waals surface area contributed by atoms with Crippen LogP contribution in [-0.2, 0) is 14.8 Å². The number of carbonyl (C=O) groups is 1. The number of nitrogens with one attached hydrogen (secondary N) is 1. The van der Waals surface area contributed by atoms with Gasteiger partial charge in [-0.25, -0.2) is 8.42 Å². The monoisotopic (exact) mass is 379 g/mol. The van der Waals surface area contributed by atoms with E-state index in [1.54, 1.807) is 17.0 Å². The second kappa shape index (κ2) is 8.06. The van der Waals surface area contributed by atoms with Crippen LogP contribution >= 0.6 is 0 Å². The van der Waals surface area contributed by atoms with Crippen molar-refractivity contribution < 1.29 is 13.2 Å². The molecule has 0 aromatic heterocycles. The summed E-state index contributed by atoms with van der Waals surface area (Å²) in [5.41, 5.74) is 1.12. The molecule has 144 valence electrons. The smallest absolute Gasteiger partial charge is 0.243 e. The van der Waals surface area contributed by atoms with Gasteiger partial charge in [0.05, 0.1) is 10.9 Å². The van der Waals surface area contributed by atoms with Gasteiger partial charge in [0.2, 0.25) is 15.9 Å². The zero-order valence-electron chi connectivity index (χ0n) is 15.6. The zero-order chi connectivity index (χ0) is 18.7. The highest BCUT2D eigenvalue weighted by Crippen LogP contribution is 2.21. The Bertz CT molecular complexity index is 717. The average molecular weight is 380 g/mol. The van der Waals surface area contributed by atoms with Gasteiger partial charge in [-0.1, -0.05) is 32.4 Å². The molecule has 26 heavy (non-hydrogen) atoms. The van der Waals surface area contributed by atoms with Crippen LogP contribution in [0.3, 0.4) is 0 Å². The van der Waals surface area contributed by atoms with Crippen molar-refractivity contribution in [3.05, 3.63) is 29.8 Å². The molecule has 0 aliphatic carbocycles. The Balaban J connectivity index is 1.62. The average Bonchev–Trinajstić information content (AvgIpc) is 2.68. The first-order valence-corrected chi connectivity index (χ1v) is 11.0. The fraction of sp³-hybridized carbons (Fsp3) is 0.632. The number of carbonyl (C=O) groups excluding carboxylic acids is 1. The summed E-state index contributed by atoms with van der Waals surface area (Å²) < 4.78 is 27.2. The van der Waals surface area contributed by atoms with Crippen LogP contribution in [0.1, 0.15) is 44.6 Å². The van der Waals surface area contributed by atoms with Crippen LogP contribution < -0.4 is 5.32 Å². The number of benzene rings is 1. The van der Waals surface area contributed by atoms with Crippen LogP contribution in [0.4, 0.5) is 0 Å². The molecule has 3 rings (SSSR count). The first kappa shape index (κ1) is 19.3. The maximum Gasteiger partial charge on any atom is 0.243 e. The molecular formula is C19H29N3O3S. The van der Waals surface area contributed by atoms with E-state index in [2.05, 4.69) is 19.2 Å². The number of hydrogen-bond acceptors (Lipinski definition) is 4. The van der Waals surface area contributed by atoms with Crippen molar-refractivity contribution in [1.82, 2.24) is 14.5 Å². The Kier molecular flexibility index (Phi) is 5.99. The predicted octanol–water partition coefficient (Wildman–Crippen LogP) is 1.79. The lowest BCUT2D eigenvalue weighted by molar-refractivity contribution is -0.135. The van der Waals surface area contributed by atoms with Gasteiger partial charge in [-0.2, -0.15) is 4.31 Å². The number of hydrogen-bond donors (Lipinski definition) is 1. The molecule has 2 heterocycles. The molecule has 2 saturated heterocycles. The molecule has 2 fully saturated rings. The van der Waals surface area contributed by atoms with E-state index in [0.29, 0.717) is 37.0 Å². The molecule has 6 nitrogen and oxygen atoms in total. The van der Waals surface area contributed by atoms with Crippen LogP contribution in [0.15, 0.2) is 29.2 Å². The van der Waals surface area contributed by atoms with Crippen molar-refractivity contribution in [1.29, 1.82) is 0 Å². The topological polar surface area (TPSA) is 69.7 Å². The van der Waals surface area contributed by atoms with Gasteiger partial charge in [-0.05, 0) is 43.0 Å². The van der Waals surface area contributed by atoms with Gasteiger partial charge in [0, 0.05) is 26.2 Å². The second-order valence-corrected chi connectivity index (χ2v) is 9.39. The minimum absolute atomic E-state index is 0.101. The minimum Gasteiger partial charge on any atom is -0.339 e. The van der Waals surface area contributed by atoms with Gasteiger partial charge >= 0.3 is 0 Å². The van der Waals surface area contributed by atoms with E-state index < -0.39 is 10.0 Å². The highest BCUT2D eigenvalue weighted by Gasteiger charge is 2.32. The van der Waals surface area contributed by atoms with Crippen molar-refractivity contribution in [3.8, 4) is 0 Å². The van der Waals surface area contributed by atoms with Crippen LogP contribution in [0, 0.1) is 0 Å². The highest BCUT2D eigenvalue weighted by atomic mass is 32.2. The number of piperidine rings is 1. The van der Waals surface area contributed by atoms with Gasteiger partial charge in [0.15, 0.2) is 0 Å². The van der Waals surface area contributed by atoms with E-state index in [1.165, 1.54) is 4.31 Å². The summed E-state index contributed by atoms with van der Waals surface area (Å²) in [6, 6.07) is 7.04. The standard InChI is InChI=1S/C19H29N3O3S/c1-15(2)16-6-8-17(9-7-16)26(24,25)22-13-11-21(12-14-22)19(23)18-5-3-4-10-20-18/h6-9,15,18,20H,3-5,10-14H2,1-2H3. The third kappa shape index (κ3) is 4.10. The lowest BCUT2D eigenvalue weighted by atomic mass is 10.0. The molecule has 1 atom stereocenters. The molecule has 0 spiro atoms. The van der Waals surface area contributed by atoms with E-state index in [0.717, 1.165) is 31.4 Å². The fourth-order valence-corrected chi connectivity index (χ4v) is 5.03. The van der Waals surface area contributed by atoms with Gasteiger partial charge < -0.3 is 10.2 Å². The lowest BCUT2D eigenvalue weighted by Crippen LogP contribution is -2.55. The summed E-state index contributed by atoms with van der Waals surface area (Å²) in [4.78, 5) is 14.7. The largest absolute Gasteiger partial charge is 0.339 e. The Morgan fingerprint density at radius 1 is 1.08 bits per heavy atom. The Morgan fingerprint density at radius 3 is 2.27 bits per heavy atom. The second-order valence-electron chi connectivity index (χ2n) is 7.46. The fourth-order valence-electron chi connectivity index (χ4n) is 3.61. The molecule has 1 aromatic rings. The van der Waals surface area contributed by atoms with Gasteiger partial charge in [0.25, 0.3) is 0 Å². The van der Waals surface area contributed by atoms with Crippen LogP contribution in [0.2, 0.25) is 0 Å². The van der Waals surface area contributed by atoms with E-state index in [9.17, 15) is 13.2 Å². The Labute approximate surface area is 156 Å². The SMILES string of the molecule is CC(C)c1ccc(S(=O)(=O)N2CCN(C(=O)C3CCCCN3)CC2)cc1. The predicted molar refractivity (Wildman–Crippen MR) is 102 cm³/mol. The van der Waals surface area contributed by atoms with Gasteiger partial charge in [-0.3, -0.25) is 4.79 Å². The van der Waals surface area contributed by atoms with Crippen molar-refractivity contribution in [2.75, 3.05) is 32.7 Å². The van der Waals surface area contributed by atoms with E-state index in [4.69, 9.17) is 0 Å². The van der Waals surface area contributed by atoms with Crippen molar-refractivity contribution in [2.45, 2.75) is 50.0 Å². The van der Waals surface area contributed by atoms with E-state index >= 15 is 0 Å². The van der Waals surface area contributed by atoms with Crippen molar-refractivity contribution >= 4 is 15.9 Å². The van der Waals surface area contributed by atoms with E-state index in [-0.39, 0.29) is 11.9 Å². The lowest BCUT2D eigenvalue weighted by Gasteiger charge is -2.36. The molecule has 0 saturated carbocycles. The molecule has 0 radical (unpaired) electrons. The summed E-state index contributed by atoms with van der Waals surface area (Å²) >= 11 is 0. The maximum atomic E-state index is 12.9. The normalized spacial score (nSPS) is 22.6. The Hall–Kier alpha value is -1.44. The number of amides is 1. The molecule has 1 amide bonds. The number of piperazine rings is 1. The first-order valence-electron chi connectivity index (χ1n) is 9.52. The molecule has 7 heteroatoms. The molecule has 2 aliphatic rings. The summed E-state index contributed by atoms with van der Waals surface area (Å²) in [5, 5.41) is 3.27. The quantitative estimate of drug-likeness (QED) is 0.866. The van der Waals surface area contributed by atoms with Gasteiger partial charge in [-0.15, -0.1) is 0 Å².